The fourth-order valence-corrected chi connectivity index (χ4v) is 1.76. The summed E-state index contributed by atoms with van der Waals surface area (Å²) < 4.78 is 0. The van der Waals surface area contributed by atoms with Gasteiger partial charge in [-0.25, -0.2) is 0 Å². The van der Waals surface area contributed by atoms with Crippen molar-refractivity contribution in [3.05, 3.63) is 0 Å². The molecule has 10 nitrogen and oxygen atoms in total. The highest BCUT2D eigenvalue weighted by molar-refractivity contribution is 5.86. The van der Waals surface area contributed by atoms with Crippen molar-refractivity contribution in [3.8, 4) is 0 Å². The maximum atomic E-state index is 11.6. The summed E-state index contributed by atoms with van der Waals surface area (Å²) in [5.74, 6) is -2.50. The van der Waals surface area contributed by atoms with Gasteiger partial charge in [0.15, 0.2) is 0 Å². The van der Waals surface area contributed by atoms with Crippen molar-refractivity contribution in [3.63, 3.8) is 0 Å². The molecule has 0 unspecified atom stereocenters. The first-order chi connectivity index (χ1) is 12.3. The minimum Gasteiger partial charge on any atom is -0.481 e. The molecule has 148 valence electrons. The van der Waals surface area contributed by atoms with Crippen LogP contribution in [0.15, 0.2) is 0 Å². The van der Waals surface area contributed by atoms with Crippen LogP contribution in [0.25, 0.3) is 0 Å². The van der Waals surface area contributed by atoms with E-state index in [0.717, 1.165) is 12.8 Å². The number of carbonyl (C=O) groups excluding carboxylic acids is 4. The zero-order chi connectivity index (χ0) is 19.8. The number of carbonyl (C=O) groups is 5. The van der Waals surface area contributed by atoms with Crippen LogP contribution in [0.2, 0.25) is 0 Å². The Bertz CT molecular complexity index is 495. The lowest BCUT2D eigenvalue weighted by Gasteiger charge is -2.08. The lowest BCUT2D eigenvalue weighted by Crippen LogP contribution is -2.40. The van der Waals surface area contributed by atoms with Gasteiger partial charge in [-0.05, 0) is 6.42 Å². The Labute approximate surface area is 152 Å². The average Bonchev–Trinajstić information content (AvgIpc) is 2.60. The molecule has 0 heterocycles. The molecule has 10 heteroatoms. The molecule has 0 bridgehead atoms. The van der Waals surface area contributed by atoms with Crippen molar-refractivity contribution in [2.24, 2.45) is 0 Å². The van der Waals surface area contributed by atoms with Gasteiger partial charge in [-0.2, -0.15) is 0 Å². The smallest absolute Gasteiger partial charge is 0.303 e. The van der Waals surface area contributed by atoms with Gasteiger partial charge in [0.1, 0.15) is 0 Å². The number of carboxylic acid groups (broad SMARTS) is 1. The summed E-state index contributed by atoms with van der Waals surface area (Å²) in [5.41, 5.74) is 0. The van der Waals surface area contributed by atoms with E-state index in [9.17, 15) is 24.0 Å². The molecule has 0 saturated carbocycles. The maximum absolute atomic E-state index is 11.6. The van der Waals surface area contributed by atoms with Crippen LogP contribution in [0.4, 0.5) is 0 Å². The van der Waals surface area contributed by atoms with Gasteiger partial charge in [-0.3, -0.25) is 24.0 Å². The van der Waals surface area contributed by atoms with Crippen LogP contribution in [-0.2, 0) is 24.0 Å². The normalized spacial score (nSPS) is 9.88. The molecule has 0 aliphatic heterocycles. The lowest BCUT2D eigenvalue weighted by molar-refractivity contribution is -0.138. The fraction of sp³-hybridized carbons (Fsp3) is 0.688. The highest BCUT2D eigenvalue weighted by Crippen LogP contribution is 1.90. The number of aliphatic carboxylic acids is 1. The summed E-state index contributed by atoms with van der Waals surface area (Å²) in [5, 5.41) is 18.5. The molecule has 0 radical (unpaired) electrons. The molecule has 0 fully saturated rings. The summed E-state index contributed by atoms with van der Waals surface area (Å²) in [7, 11) is 0. The second-order valence-electron chi connectivity index (χ2n) is 5.57. The standard InChI is InChI=1S/C16H28N4O6/c1-2-3-8-17-12(21)4-5-13(22)18-9-10-19-15(24)11-20-14(23)6-7-16(25)26/h2-11H2,1H3,(H,17,21)(H,18,22)(H,19,24)(H,20,23)(H,25,26). The molecule has 5 N–H and O–H groups in total. The van der Waals surface area contributed by atoms with Crippen molar-refractivity contribution in [2.75, 3.05) is 26.2 Å². The van der Waals surface area contributed by atoms with Crippen molar-refractivity contribution in [2.45, 2.75) is 45.4 Å². The third kappa shape index (κ3) is 14.9. The van der Waals surface area contributed by atoms with E-state index in [4.69, 9.17) is 5.11 Å². The van der Waals surface area contributed by atoms with Crippen LogP contribution in [0.5, 0.6) is 0 Å². The number of hydrogen-bond donors (Lipinski definition) is 5. The molecule has 26 heavy (non-hydrogen) atoms. The number of amides is 4. The SMILES string of the molecule is CCCCNC(=O)CCC(=O)NCCNC(=O)CNC(=O)CCC(=O)O. The van der Waals surface area contributed by atoms with Crippen LogP contribution in [0.3, 0.4) is 0 Å². The molecule has 0 aliphatic rings. The van der Waals surface area contributed by atoms with Crippen LogP contribution < -0.4 is 21.3 Å². The summed E-state index contributed by atoms with van der Waals surface area (Å²) in [6.45, 7) is 2.75. The number of hydrogen-bond acceptors (Lipinski definition) is 5. The molecule has 0 rings (SSSR count). The molecule has 0 aliphatic carbocycles. The largest absolute Gasteiger partial charge is 0.481 e. The van der Waals surface area contributed by atoms with Gasteiger partial charge in [0, 0.05) is 38.9 Å². The van der Waals surface area contributed by atoms with Crippen LogP contribution >= 0.6 is 0 Å². The molecule has 0 aromatic rings. The number of rotatable bonds is 14. The van der Waals surface area contributed by atoms with Gasteiger partial charge in [0.2, 0.25) is 23.6 Å². The predicted molar refractivity (Wildman–Crippen MR) is 93.1 cm³/mol. The van der Waals surface area contributed by atoms with Gasteiger partial charge >= 0.3 is 5.97 Å². The van der Waals surface area contributed by atoms with Crippen molar-refractivity contribution >= 4 is 29.6 Å². The van der Waals surface area contributed by atoms with Crippen LogP contribution in [0, 0.1) is 0 Å². The van der Waals surface area contributed by atoms with Crippen LogP contribution in [-0.4, -0.2) is 60.9 Å². The fourth-order valence-electron chi connectivity index (χ4n) is 1.76. The number of carboxylic acids is 1. The van der Waals surface area contributed by atoms with E-state index in [1.54, 1.807) is 0 Å². The Morgan fingerprint density at radius 2 is 1.12 bits per heavy atom. The van der Waals surface area contributed by atoms with E-state index < -0.39 is 17.8 Å². The van der Waals surface area contributed by atoms with Gasteiger partial charge in [-0.1, -0.05) is 13.3 Å². The second-order valence-corrected chi connectivity index (χ2v) is 5.57. The highest BCUT2D eigenvalue weighted by Gasteiger charge is 2.08. The highest BCUT2D eigenvalue weighted by atomic mass is 16.4. The monoisotopic (exact) mass is 372 g/mol. The summed E-state index contributed by atoms with van der Waals surface area (Å²) in [4.78, 5) is 56.0. The zero-order valence-electron chi connectivity index (χ0n) is 15.1. The Morgan fingerprint density at radius 3 is 1.65 bits per heavy atom. The molecule has 4 amide bonds. The summed E-state index contributed by atoms with van der Waals surface area (Å²) >= 11 is 0. The first kappa shape index (κ1) is 23.4. The summed E-state index contributed by atoms with van der Waals surface area (Å²) in [6, 6.07) is 0. The topological polar surface area (TPSA) is 154 Å². The molecular weight excluding hydrogens is 344 g/mol. The van der Waals surface area contributed by atoms with Crippen LogP contribution in [0.1, 0.15) is 45.4 Å². The Balaban J connectivity index is 3.64. The zero-order valence-corrected chi connectivity index (χ0v) is 15.1. The van der Waals surface area contributed by atoms with Gasteiger partial charge in [-0.15, -0.1) is 0 Å². The first-order valence-corrected chi connectivity index (χ1v) is 8.63. The minimum atomic E-state index is -1.08. The average molecular weight is 372 g/mol. The third-order valence-electron chi connectivity index (χ3n) is 3.21. The predicted octanol–water partition coefficient (Wildman–Crippen LogP) is -1.10. The molecule has 0 saturated heterocycles. The van der Waals surface area contributed by atoms with E-state index in [-0.39, 0.29) is 57.1 Å². The Hall–Kier alpha value is -2.65. The minimum absolute atomic E-state index is 0.0749. The van der Waals surface area contributed by atoms with Crippen molar-refractivity contribution < 1.29 is 29.1 Å². The molecule has 0 aromatic carbocycles. The van der Waals surface area contributed by atoms with E-state index in [1.807, 2.05) is 6.92 Å². The molecule has 0 atom stereocenters. The van der Waals surface area contributed by atoms with E-state index in [1.165, 1.54) is 0 Å². The van der Waals surface area contributed by atoms with Gasteiger partial charge in [0.25, 0.3) is 0 Å². The van der Waals surface area contributed by atoms with Crippen molar-refractivity contribution in [1.82, 2.24) is 21.3 Å². The van der Waals surface area contributed by atoms with Gasteiger partial charge < -0.3 is 26.4 Å². The molecule has 0 aromatic heterocycles. The lowest BCUT2D eigenvalue weighted by atomic mass is 10.2. The molecular formula is C16H28N4O6. The number of unbranched alkanes of at least 4 members (excludes halogenated alkanes) is 1. The Morgan fingerprint density at radius 1 is 0.654 bits per heavy atom. The van der Waals surface area contributed by atoms with Gasteiger partial charge in [0.05, 0.1) is 13.0 Å². The maximum Gasteiger partial charge on any atom is 0.303 e. The van der Waals surface area contributed by atoms with E-state index >= 15 is 0 Å². The van der Waals surface area contributed by atoms with E-state index in [0.29, 0.717) is 6.54 Å². The second kappa shape index (κ2) is 14.7. The Kier molecular flexibility index (Phi) is 13.2. The number of nitrogens with one attached hydrogen (secondary N) is 4. The van der Waals surface area contributed by atoms with E-state index in [2.05, 4.69) is 21.3 Å². The van der Waals surface area contributed by atoms with Crippen molar-refractivity contribution in [1.29, 1.82) is 0 Å². The third-order valence-corrected chi connectivity index (χ3v) is 3.21. The quantitative estimate of drug-likeness (QED) is 0.244. The first-order valence-electron chi connectivity index (χ1n) is 8.63. The summed E-state index contributed by atoms with van der Waals surface area (Å²) in [6.07, 6.45) is 1.59. The molecule has 0 spiro atoms.